The van der Waals surface area contributed by atoms with E-state index in [1.54, 1.807) is 0 Å². The average molecular weight is 318 g/mol. The van der Waals surface area contributed by atoms with Crippen LogP contribution in [0.15, 0.2) is 53.2 Å². The van der Waals surface area contributed by atoms with Crippen molar-refractivity contribution >= 4 is 32.4 Å². The molecule has 0 saturated heterocycles. The summed E-state index contributed by atoms with van der Waals surface area (Å²) < 4.78 is 6.71. The lowest BCUT2D eigenvalue weighted by atomic mass is 10.1. The Hall–Kier alpha value is -1.48. The monoisotopic (exact) mass is 317 g/mol. The number of hydrogen-bond donors (Lipinski definition) is 1. The van der Waals surface area contributed by atoms with Crippen molar-refractivity contribution in [1.82, 2.24) is 0 Å². The molecule has 0 aliphatic carbocycles. The number of halogens is 1. The lowest BCUT2D eigenvalue weighted by Crippen LogP contribution is -2.23. The minimum absolute atomic E-state index is 0.271. The Morgan fingerprint density at radius 1 is 1.16 bits per heavy atom. The first-order valence-electron chi connectivity index (χ1n) is 6.56. The predicted octanol–water partition coefficient (Wildman–Crippen LogP) is 4.71. The molecule has 0 radical (unpaired) electrons. The van der Waals surface area contributed by atoms with E-state index < -0.39 is 0 Å². The van der Waals surface area contributed by atoms with Gasteiger partial charge in [-0.1, -0.05) is 40.2 Å². The third-order valence-corrected chi connectivity index (χ3v) is 4.11. The van der Waals surface area contributed by atoms with Crippen molar-refractivity contribution in [2.24, 2.45) is 0 Å². The summed E-state index contributed by atoms with van der Waals surface area (Å²) in [5.74, 6) is 0. The predicted molar refractivity (Wildman–Crippen MR) is 83.4 cm³/mol. The van der Waals surface area contributed by atoms with E-state index in [1.165, 1.54) is 10.8 Å². The van der Waals surface area contributed by atoms with Crippen LogP contribution >= 0.6 is 15.9 Å². The summed E-state index contributed by atoms with van der Waals surface area (Å²) >= 11 is 3.60. The summed E-state index contributed by atoms with van der Waals surface area (Å²) in [5, 5.41) is 5.98. The topological polar surface area (TPSA) is 21.3 Å². The summed E-state index contributed by atoms with van der Waals surface area (Å²) in [6, 6.07) is 12.6. The lowest BCUT2D eigenvalue weighted by molar-refractivity contribution is 0.135. The molecule has 2 aromatic carbocycles. The van der Waals surface area contributed by atoms with E-state index >= 15 is 0 Å². The molecule has 0 bridgehead atoms. The zero-order valence-corrected chi connectivity index (χ0v) is 12.2. The minimum Gasteiger partial charge on any atom is -0.497 e. The van der Waals surface area contributed by atoms with Crippen molar-refractivity contribution in [2.45, 2.75) is 18.9 Å². The molecular weight excluding hydrogens is 302 g/mol. The number of benzene rings is 2. The van der Waals surface area contributed by atoms with Gasteiger partial charge in [0.05, 0.1) is 12.8 Å². The summed E-state index contributed by atoms with van der Waals surface area (Å²) in [5.41, 5.74) is 1.16. The molecule has 0 spiro atoms. The zero-order valence-electron chi connectivity index (χ0n) is 10.6. The SMILES string of the molecule is Brc1ccc(NCC2CCC=CO2)c2ccccc12. The molecule has 1 unspecified atom stereocenters. The van der Waals surface area contributed by atoms with Gasteiger partial charge in [-0.15, -0.1) is 0 Å². The highest BCUT2D eigenvalue weighted by Crippen LogP contribution is 2.30. The van der Waals surface area contributed by atoms with E-state index in [-0.39, 0.29) is 6.10 Å². The van der Waals surface area contributed by atoms with E-state index in [2.05, 4.69) is 63.7 Å². The van der Waals surface area contributed by atoms with Gasteiger partial charge in [0.25, 0.3) is 0 Å². The summed E-state index contributed by atoms with van der Waals surface area (Å²) in [7, 11) is 0. The molecule has 1 atom stereocenters. The second-order valence-corrected chi connectivity index (χ2v) is 5.58. The van der Waals surface area contributed by atoms with E-state index in [1.807, 2.05) is 6.26 Å². The number of nitrogens with one attached hydrogen (secondary N) is 1. The fraction of sp³-hybridized carbons (Fsp3) is 0.250. The van der Waals surface area contributed by atoms with Crippen LogP contribution in [0.5, 0.6) is 0 Å². The van der Waals surface area contributed by atoms with E-state index in [0.717, 1.165) is 29.5 Å². The average Bonchev–Trinajstić information content (AvgIpc) is 2.48. The molecule has 1 aliphatic rings. The molecule has 2 nitrogen and oxygen atoms in total. The van der Waals surface area contributed by atoms with Crippen LogP contribution < -0.4 is 5.32 Å². The van der Waals surface area contributed by atoms with E-state index in [0.29, 0.717) is 0 Å². The molecule has 1 N–H and O–H groups in total. The Morgan fingerprint density at radius 3 is 2.79 bits per heavy atom. The van der Waals surface area contributed by atoms with Crippen LogP contribution in [0.3, 0.4) is 0 Å². The maximum atomic E-state index is 5.58. The van der Waals surface area contributed by atoms with Crippen molar-refractivity contribution < 1.29 is 4.74 Å². The Labute approximate surface area is 121 Å². The molecule has 0 saturated carbocycles. The lowest BCUT2D eigenvalue weighted by Gasteiger charge is -2.21. The maximum Gasteiger partial charge on any atom is 0.115 e. The molecule has 1 heterocycles. The molecule has 0 aromatic heterocycles. The van der Waals surface area contributed by atoms with Crippen molar-refractivity contribution in [1.29, 1.82) is 0 Å². The first-order valence-corrected chi connectivity index (χ1v) is 7.35. The second-order valence-electron chi connectivity index (χ2n) is 4.73. The Bertz CT molecular complexity index is 609. The van der Waals surface area contributed by atoms with Gasteiger partial charge in [-0.05, 0) is 36.4 Å². The van der Waals surface area contributed by atoms with Crippen molar-refractivity contribution in [2.75, 3.05) is 11.9 Å². The maximum absolute atomic E-state index is 5.58. The quantitative estimate of drug-likeness (QED) is 0.885. The van der Waals surface area contributed by atoms with Gasteiger partial charge in [0.2, 0.25) is 0 Å². The van der Waals surface area contributed by atoms with Crippen LogP contribution in [0.4, 0.5) is 5.69 Å². The normalized spacial score (nSPS) is 18.3. The largest absolute Gasteiger partial charge is 0.497 e. The Morgan fingerprint density at radius 2 is 2.00 bits per heavy atom. The minimum atomic E-state index is 0.271. The van der Waals surface area contributed by atoms with Gasteiger partial charge in [-0.2, -0.15) is 0 Å². The van der Waals surface area contributed by atoms with Gasteiger partial charge in [0, 0.05) is 15.5 Å². The summed E-state index contributed by atoms with van der Waals surface area (Å²) in [4.78, 5) is 0. The molecule has 3 rings (SSSR count). The Kier molecular flexibility index (Phi) is 3.74. The first kappa shape index (κ1) is 12.5. The zero-order chi connectivity index (χ0) is 13.1. The van der Waals surface area contributed by atoms with Crippen LogP contribution in [0.1, 0.15) is 12.8 Å². The highest BCUT2D eigenvalue weighted by Gasteiger charge is 2.11. The first-order chi connectivity index (χ1) is 9.34. The molecular formula is C16H16BrNO. The molecule has 0 amide bonds. The second kappa shape index (κ2) is 5.66. The van der Waals surface area contributed by atoms with E-state index in [9.17, 15) is 0 Å². The summed E-state index contributed by atoms with van der Waals surface area (Å²) in [6.45, 7) is 0.843. The van der Waals surface area contributed by atoms with Gasteiger partial charge < -0.3 is 10.1 Å². The van der Waals surface area contributed by atoms with Crippen LogP contribution in [-0.4, -0.2) is 12.6 Å². The van der Waals surface area contributed by atoms with Crippen LogP contribution in [0, 0.1) is 0 Å². The van der Waals surface area contributed by atoms with Crippen molar-refractivity contribution in [3.8, 4) is 0 Å². The number of allylic oxidation sites excluding steroid dienone is 1. The van der Waals surface area contributed by atoms with Gasteiger partial charge >= 0.3 is 0 Å². The highest BCUT2D eigenvalue weighted by molar-refractivity contribution is 9.10. The van der Waals surface area contributed by atoms with Crippen LogP contribution in [-0.2, 0) is 4.74 Å². The molecule has 2 aromatic rings. The number of rotatable bonds is 3. The van der Waals surface area contributed by atoms with Crippen molar-refractivity contribution in [3.63, 3.8) is 0 Å². The van der Waals surface area contributed by atoms with Crippen molar-refractivity contribution in [3.05, 3.63) is 53.2 Å². The number of hydrogen-bond acceptors (Lipinski definition) is 2. The number of ether oxygens (including phenoxy) is 1. The molecule has 1 aliphatic heterocycles. The fourth-order valence-corrected chi connectivity index (χ4v) is 2.85. The van der Waals surface area contributed by atoms with Crippen LogP contribution in [0.2, 0.25) is 0 Å². The smallest absolute Gasteiger partial charge is 0.115 e. The third kappa shape index (κ3) is 2.76. The highest BCUT2D eigenvalue weighted by atomic mass is 79.9. The summed E-state index contributed by atoms with van der Waals surface area (Å²) in [6.07, 6.45) is 6.35. The number of fused-ring (bicyclic) bond motifs is 1. The van der Waals surface area contributed by atoms with E-state index in [4.69, 9.17) is 4.74 Å². The van der Waals surface area contributed by atoms with Gasteiger partial charge in [-0.25, -0.2) is 0 Å². The molecule has 98 valence electrons. The van der Waals surface area contributed by atoms with Gasteiger partial charge in [0.15, 0.2) is 0 Å². The molecule has 3 heteroatoms. The molecule has 19 heavy (non-hydrogen) atoms. The van der Waals surface area contributed by atoms with Crippen LogP contribution in [0.25, 0.3) is 10.8 Å². The van der Waals surface area contributed by atoms with Gasteiger partial charge in [-0.3, -0.25) is 0 Å². The Balaban J connectivity index is 1.81. The number of anilines is 1. The molecule has 0 fully saturated rings. The van der Waals surface area contributed by atoms with Gasteiger partial charge in [0.1, 0.15) is 6.10 Å². The third-order valence-electron chi connectivity index (χ3n) is 3.41. The fourth-order valence-electron chi connectivity index (χ4n) is 2.38. The standard InChI is InChI=1S/C16H16BrNO/c17-15-8-9-16(14-7-2-1-6-13(14)15)18-11-12-5-3-4-10-19-12/h1-2,4,6-10,12,18H,3,5,11H2.